The van der Waals surface area contributed by atoms with Crippen LogP contribution in [0.15, 0.2) is 10.7 Å². The summed E-state index contributed by atoms with van der Waals surface area (Å²) in [5.74, 6) is 2.31. The van der Waals surface area contributed by atoms with Crippen LogP contribution in [0.4, 0.5) is 5.82 Å². The van der Waals surface area contributed by atoms with Gasteiger partial charge in [0.25, 0.3) is 0 Å². The summed E-state index contributed by atoms with van der Waals surface area (Å²) in [6.45, 7) is 3.01. The van der Waals surface area contributed by atoms with E-state index in [2.05, 4.69) is 38.1 Å². The lowest BCUT2D eigenvalue weighted by atomic mass is 9.87. The largest absolute Gasteiger partial charge is 0.393 e. The number of nitrogens with one attached hydrogen (secondary N) is 1. The van der Waals surface area contributed by atoms with Gasteiger partial charge in [0.2, 0.25) is 0 Å². The smallest absolute Gasteiger partial charge is 0.132 e. The molecule has 0 spiro atoms. The zero-order valence-electron chi connectivity index (χ0n) is 11.4. The van der Waals surface area contributed by atoms with E-state index in [9.17, 15) is 5.11 Å². The molecule has 4 nitrogen and oxygen atoms in total. The van der Waals surface area contributed by atoms with Gasteiger partial charge in [-0.2, -0.15) is 0 Å². The van der Waals surface area contributed by atoms with Gasteiger partial charge in [-0.25, -0.2) is 9.97 Å². The first-order valence-electron chi connectivity index (χ1n) is 7.12. The highest BCUT2D eigenvalue weighted by atomic mass is 79.9. The van der Waals surface area contributed by atoms with Crippen LogP contribution < -0.4 is 5.32 Å². The van der Waals surface area contributed by atoms with E-state index < -0.39 is 0 Å². The Morgan fingerprint density at radius 3 is 3.00 bits per heavy atom. The molecule has 106 valence electrons. The van der Waals surface area contributed by atoms with Crippen LogP contribution in [0.2, 0.25) is 0 Å². The normalized spacial score (nSPS) is 23.3. The molecule has 0 aliphatic heterocycles. The number of halogens is 1. The van der Waals surface area contributed by atoms with Gasteiger partial charge in [0.1, 0.15) is 16.2 Å². The van der Waals surface area contributed by atoms with Crippen molar-refractivity contribution in [3.05, 3.63) is 16.5 Å². The van der Waals surface area contributed by atoms with Gasteiger partial charge in [-0.05, 0) is 47.5 Å². The van der Waals surface area contributed by atoms with Crippen LogP contribution in [0.5, 0.6) is 0 Å². The van der Waals surface area contributed by atoms with Crippen LogP contribution >= 0.6 is 15.9 Å². The zero-order valence-corrected chi connectivity index (χ0v) is 13.0. The maximum Gasteiger partial charge on any atom is 0.132 e. The van der Waals surface area contributed by atoms with E-state index in [1.165, 1.54) is 6.42 Å². The lowest BCUT2D eigenvalue weighted by Gasteiger charge is -2.26. The lowest BCUT2D eigenvalue weighted by molar-refractivity contribution is 0.104. The Bertz CT molecular complexity index is 414. The van der Waals surface area contributed by atoms with E-state index in [1.54, 1.807) is 0 Å². The molecule has 2 atom stereocenters. The third-order valence-electron chi connectivity index (χ3n) is 3.54. The van der Waals surface area contributed by atoms with Crippen LogP contribution in [0.3, 0.4) is 0 Å². The first kappa shape index (κ1) is 14.7. The van der Waals surface area contributed by atoms with Crippen molar-refractivity contribution >= 4 is 21.7 Å². The van der Waals surface area contributed by atoms with Gasteiger partial charge < -0.3 is 10.4 Å². The highest BCUT2D eigenvalue weighted by Gasteiger charge is 2.19. The summed E-state index contributed by atoms with van der Waals surface area (Å²) in [7, 11) is 0. The summed E-state index contributed by atoms with van der Waals surface area (Å²) < 4.78 is 0.831. The summed E-state index contributed by atoms with van der Waals surface area (Å²) in [5.41, 5.74) is 0. The number of aryl methyl sites for hydroxylation is 1. The van der Waals surface area contributed by atoms with Crippen LogP contribution in [0.1, 0.15) is 44.9 Å². The second kappa shape index (κ2) is 7.20. The maximum absolute atomic E-state index is 9.67. The second-order valence-corrected chi connectivity index (χ2v) is 6.12. The van der Waals surface area contributed by atoms with E-state index in [0.717, 1.165) is 54.9 Å². The average Bonchev–Trinajstić information content (AvgIpc) is 2.36. The fourth-order valence-corrected chi connectivity index (χ4v) is 3.01. The molecule has 1 aromatic rings. The number of aliphatic hydroxyl groups excluding tert-OH is 1. The molecular weight excluding hydrogens is 306 g/mol. The first-order valence-corrected chi connectivity index (χ1v) is 7.92. The Labute approximate surface area is 123 Å². The van der Waals surface area contributed by atoms with E-state index >= 15 is 0 Å². The van der Waals surface area contributed by atoms with Gasteiger partial charge in [-0.1, -0.05) is 13.3 Å². The third kappa shape index (κ3) is 4.73. The monoisotopic (exact) mass is 327 g/mol. The zero-order chi connectivity index (χ0) is 13.7. The minimum atomic E-state index is -0.117. The number of nitrogens with zero attached hydrogens (tertiary/aromatic N) is 2. The van der Waals surface area contributed by atoms with Crippen molar-refractivity contribution < 1.29 is 5.11 Å². The van der Waals surface area contributed by atoms with Crippen LogP contribution in [0.25, 0.3) is 0 Å². The van der Waals surface area contributed by atoms with Crippen LogP contribution in [-0.4, -0.2) is 27.7 Å². The number of hydrogen-bond acceptors (Lipinski definition) is 4. The van der Waals surface area contributed by atoms with Crippen LogP contribution in [-0.2, 0) is 6.42 Å². The first-order chi connectivity index (χ1) is 9.17. The van der Waals surface area contributed by atoms with Gasteiger partial charge in [-0.15, -0.1) is 0 Å². The van der Waals surface area contributed by atoms with Crippen molar-refractivity contribution in [3.8, 4) is 0 Å². The molecule has 0 aromatic carbocycles. The maximum atomic E-state index is 9.67. The Morgan fingerprint density at radius 1 is 1.42 bits per heavy atom. The van der Waals surface area contributed by atoms with E-state index in [0.29, 0.717) is 5.92 Å². The molecule has 1 aliphatic rings. The quantitative estimate of drug-likeness (QED) is 0.815. The summed E-state index contributed by atoms with van der Waals surface area (Å²) in [4.78, 5) is 8.87. The molecule has 0 radical (unpaired) electrons. The second-order valence-electron chi connectivity index (χ2n) is 5.31. The Hall–Kier alpha value is -0.680. The molecule has 2 rings (SSSR count). The third-order valence-corrected chi connectivity index (χ3v) is 3.95. The van der Waals surface area contributed by atoms with Crippen LogP contribution in [0, 0.1) is 5.92 Å². The highest BCUT2D eigenvalue weighted by Crippen LogP contribution is 2.24. The molecule has 1 heterocycles. The average molecular weight is 328 g/mol. The van der Waals surface area contributed by atoms with Crippen molar-refractivity contribution in [3.63, 3.8) is 0 Å². The van der Waals surface area contributed by atoms with Crippen molar-refractivity contribution in [2.24, 2.45) is 5.92 Å². The summed E-state index contributed by atoms with van der Waals surface area (Å²) in [6, 6.07) is 1.92. The molecule has 5 heteroatoms. The number of anilines is 1. The highest BCUT2D eigenvalue weighted by molar-refractivity contribution is 9.10. The summed E-state index contributed by atoms with van der Waals surface area (Å²) in [6.07, 6.45) is 6.01. The standard InChI is InChI=1S/C14H22BrN3O/c1-2-4-13-17-12(15)8-14(18-13)16-9-10-5-3-6-11(19)7-10/h8,10-11,19H,2-7,9H2,1H3,(H,16,17,18). The molecule has 0 amide bonds. The molecule has 2 unspecified atom stereocenters. The fraction of sp³-hybridized carbons (Fsp3) is 0.714. The van der Waals surface area contributed by atoms with E-state index in [4.69, 9.17) is 0 Å². The van der Waals surface area contributed by atoms with Gasteiger partial charge in [-0.3, -0.25) is 0 Å². The van der Waals surface area contributed by atoms with E-state index in [-0.39, 0.29) is 6.10 Å². The molecule has 0 bridgehead atoms. The number of hydrogen-bond donors (Lipinski definition) is 2. The number of aromatic nitrogens is 2. The molecule has 1 fully saturated rings. The Kier molecular flexibility index (Phi) is 5.58. The Balaban J connectivity index is 1.91. The van der Waals surface area contributed by atoms with Gasteiger partial charge >= 0.3 is 0 Å². The van der Waals surface area contributed by atoms with Crippen molar-refractivity contribution in [2.75, 3.05) is 11.9 Å². The molecule has 19 heavy (non-hydrogen) atoms. The van der Waals surface area contributed by atoms with Gasteiger partial charge in [0, 0.05) is 19.0 Å². The van der Waals surface area contributed by atoms with Crippen molar-refractivity contribution in [1.82, 2.24) is 9.97 Å². The summed E-state index contributed by atoms with van der Waals surface area (Å²) >= 11 is 3.43. The van der Waals surface area contributed by atoms with Gasteiger partial charge in [0.15, 0.2) is 0 Å². The van der Waals surface area contributed by atoms with Crippen molar-refractivity contribution in [1.29, 1.82) is 0 Å². The minimum absolute atomic E-state index is 0.117. The fourth-order valence-electron chi connectivity index (χ4n) is 2.59. The lowest BCUT2D eigenvalue weighted by Crippen LogP contribution is -2.25. The number of aliphatic hydroxyl groups is 1. The predicted molar refractivity (Wildman–Crippen MR) is 80.2 cm³/mol. The predicted octanol–water partition coefficient (Wildman–Crippen LogP) is 3.15. The number of rotatable bonds is 5. The van der Waals surface area contributed by atoms with Gasteiger partial charge in [0.05, 0.1) is 6.10 Å². The van der Waals surface area contributed by atoms with Crippen molar-refractivity contribution in [2.45, 2.75) is 51.6 Å². The molecule has 2 N–H and O–H groups in total. The topological polar surface area (TPSA) is 58.0 Å². The van der Waals surface area contributed by atoms with E-state index in [1.807, 2.05) is 6.07 Å². The summed E-state index contributed by atoms with van der Waals surface area (Å²) in [5, 5.41) is 13.1. The Morgan fingerprint density at radius 2 is 2.26 bits per heavy atom. The molecule has 1 aromatic heterocycles. The SMILES string of the molecule is CCCc1nc(Br)cc(NCC2CCCC(O)C2)n1. The molecular formula is C14H22BrN3O. The molecule has 1 aliphatic carbocycles. The minimum Gasteiger partial charge on any atom is -0.393 e. The molecule has 0 saturated heterocycles. The molecule has 1 saturated carbocycles.